The molecule has 2 aromatic rings. The zero-order valence-corrected chi connectivity index (χ0v) is 9.63. The predicted octanol–water partition coefficient (Wildman–Crippen LogP) is 2.12. The van der Waals surface area contributed by atoms with Crippen LogP contribution in [-0.2, 0) is 13.0 Å². The van der Waals surface area contributed by atoms with Gasteiger partial charge in [-0.3, -0.25) is 4.98 Å². The molecule has 0 saturated heterocycles. The van der Waals surface area contributed by atoms with Crippen molar-refractivity contribution >= 4 is 0 Å². The van der Waals surface area contributed by atoms with E-state index in [1.165, 1.54) is 5.56 Å². The van der Waals surface area contributed by atoms with Gasteiger partial charge in [-0.1, -0.05) is 18.2 Å². The van der Waals surface area contributed by atoms with Gasteiger partial charge in [-0.15, -0.1) is 0 Å². The smallest absolute Gasteiger partial charge is 0.115 e. The molecular weight excluding hydrogens is 212 g/mol. The highest BCUT2D eigenvalue weighted by atomic mass is 16.3. The minimum absolute atomic E-state index is 0.315. The third kappa shape index (κ3) is 3.89. The molecule has 0 amide bonds. The Bertz CT molecular complexity index is 440. The van der Waals surface area contributed by atoms with Crippen molar-refractivity contribution < 1.29 is 5.11 Å². The van der Waals surface area contributed by atoms with Crippen LogP contribution in [-0.4, -0.2) is 16.6 Å². The Morgan fingerprint density at radius 3 is 2.59 bits per heavy atom. The maximum Gasteiger partial charge on any atom is 0.115 e. The monoisotopic (exact) mass is 228 g/mol. The van der Waals surface area contributed by atoms with E-state index in [0.717, 1.165) is 25.2 Å². The topological polar surface area (TPSA) is 45.1 Å². The fourth-order valence-electron chi connectivity index (χ4n) is 1.61. The van der Waals surface area contributed by atoms with E-state index in [1.54, 1.807) is 18.3 Å². The standard InChI is InChI=1S/C14H16N2O/c17-14-6-4-12(5-7-14)8-10-15-11-13-3-1-2-9-16-13/h1-7,9,15,17H,8,10-11H2. The van der Waals surface area contributed by atoms with Crippen LogP contribution in [0.25, 0.3) is 0 Å². The molecule has 3 heteroatoms. The average Bonchev–Trinajstić information content (AvgIpc) is 2.38. The maximum absolute atomic E-state index is 9.15. The number of rotatable bonds is 5. The summed E-state index contributed by atoms with van der Waals surface area (Å²) < 4.78 is 0. The van der Waals surface area contributed by atoms with Crippen LogP contribution in [0.4, 0.5) is 0 Å². The van der Waals surface area contributed by atoms with Crippen molar-refractivity contribution in [3.63, 3.8) is 0 Å². The van der Waals surface area contributed by atoms with Crippen LogP contribution in [0.2, 0.25) is 0 Å². The first-order chi connectivity index (χ1) is 8.34. The molecule has 0 atom stereocenters. The van der Waals surface area contributed by atoms with E-state index < -0.39 is 0 Å². The second-order valence-electron chi connectivity index (χ2n) is 3.91. The lowest BCUT2D eigenvalue weighted by atomic mass is 10.1. The van der Waals surface area contributed by atoms with E-state index in [2.05, 4.69) is 10.3 Å². The Morgan fingerprint density at radius 1 is 1.06 bits per heavy atom. The molecule has 3 nitrogen and oxygen atoms in total. The molecule has 0 saturated carbocycles. The summed E-state index contributed by atoms with van der Waals surface area (Å²) in [6.07, 6.45) is 2.75. The summed E-state index contributed by atoms with van der Waals surface area (Å²) in [5.41, 5.74) is 2.27. The highest BCUT2D eigenvalue weighted by Crippen LogP contribution is 2.09. The first kappa shape index (κ1) is 11.6. The van der Waals surface area contributed by atoms with Crippen molar-refractivity contribution in [2.45, 2.75) is 13.0 Å². The van der Waals surface area contributed by atoms with Gasteiger partial charge in [0.05, 0.1) is 5.69 Å². The van der Waals surface area contributed by atoms with Gasteiger partial charge < -0.3 is 10.4 Å². The highest BCUT2D eigenvalue weighted by Gasteiger charge is 1.95. The fourth-order valence-corrected chi connectivity index (χ4v) is 1.61. The Balaban J connectivity index is 1.71. The molecule has 17 heavy (non-hydrogen) atoms. The van der Waals surface area contributed by atoms with Crippen LogP contribution < -0.4 is 5.32 Å². The van der Waals surface area contributed by atoms with Crippen LogP contribution >= 0.6 is 0 Å². The number of benzene rings is 1. The van der Waals surface area contributed by atoms with Crippen molar-refractivity contribution in [2.75, 3.05) is 6.54 Å². The molecule has 0 aliphatic carbocycles. The summed E-state index contributed by atoms with van der Waals surface area (Å²) in [5.74, 6) is 0.315. The number of aromatic hydroxyl groups is 1. The molecule has 0 spiro atoms. The molecule has 0 unspecified atom stereocenters. The molecule has 0 aliphatic rings. The van der Waals surface area contributed by atoms with Crippen LogP contribution in [0, 0.1) is 0 Å². The van der Waals surface area contributed by atoms with Gasteiger partial charge in [0, 0.05) is 12.7 Å². The van der Waals surface area contributed by atoms with Gasteiger partial charge in [0.15, 0.2) is 0 Å². The lowest BCUT2D eigenvalue weighted by Crippen LogP contribution is -2.17. The minimum atomic E-state index is 0.315. The number of aromatic nitrogens is 1. The van der Waals surface area contributed by atoms with Gasteiger partial charge in [0.2, 0.25) is 0 Å². The summed E-state index contributed by atoms with van der Waals surface area (Å²) in [6.45, 7) is 1.69. The fraction of sp³-hybridized carbons (Fsp3) is 0.214. The number of pyridine rings is 1. The van der Waals surface area contributed by atoms with E-state index in [-0.39, 0.29) is 0 Å². The molecule has 0 fully saturated rings. The maximum atomic E-state index is 9.15. The second-order valence-corrected chi connectivity index (χ2v) is 3.91. The molecule has 2 N–H and O–H groups in total. The molecule has 0 radical (unpaired) electrons. The number of hydrogen-bond acceptors (Lipinski definition) is 3. The number of nitrogens with one attached hydrogen (secondary N) is 1. The molecule has 1 heterocycles. The predicted molar refractivity (Wildman–Crippen MR) is 67.8 cm³/mol. The number of hydrogen-bond donors (Lipinski definition) is 2. The number of nitrogens with zero attached hydrogens (tertiary/aromatic N) is 1. The zero-order valence-electron chi connectivity index (χ0n) is 9.63. The van der Waals surface area contributed by atoms with Crippen molar-refractivity contribution in [3.05, 3.63) is 59.9 Å². The average molecular weight is 228 g/mol. The summed E-state index contributed by atoms with van der Waals surface area (Å²) >= 11 is 0. The van der Waals surface area contributed by atoms with Gasteiger partial charge in [-0.05, 0) is 42.8 Å². The molecule has 1 aromatic carbocycles. The summed E-state index contributed by atoms with van der Waals surface area (Å²) in [6, 6.07) is 13.2. The van der Waals surface area contributed by atoms with Crippen molar-refractivity contribution in [3.8, 4) is 5.75 Å². The third-order valence-electron chi connectivity index (χ3n) is 2.56. The SMILES string of the molecule is Oc1ccc(CCNCc2ccccn2)cc1. The van der Waals surface area contributed by atoms with E-state index in [4.69, 9.17) is 5.11 Å². The Kier molecular flexibility index (Phi) is 4.11. The van der Waals surface area contributed by atoms with Gasteiger partial charge in [0.1, 0.15) is 5.75 Å². The first-order valence-electron chi connectivity index (χ1n) is 5.73. The molecule has 1 aromatic heterocycles. The van der Waals surface area contributed by atoms with E-state index in [9.17, 15) is 0 Å². The van der Waals surface area contributed by atoms with Crippen LogP contribution in [0.15, 0.2) is 48.7 Å². The summed E-state index contributed by atoms with van der Waals surface area (Å²) in [7, 11) is 0. The summed E-state index contributed by atoms with van der Waals surface area (Å²) in [4.78, 5) is 4.24. The van der Waals surface area contributed by atoms with E-state index in [0.29, 0.717) is 5.75 Å². The lowest BCUT2D eigenvalue weighted by Gasteiger charge is -2.04. The number of phenols is 1. The van der Waals surface area contributed by atoms with Crippen LogP contribution in [0.5, 0.6) is 5.75 Å². The number of phenolic OH excluding ortho intramolecular Hbond substituents is 1. The third-order valence-corrected chi connectivity index (χ3v) is 2.56. The van der Waals surface area contributed by atoms with E-state index >= 15 is 0 Å². The lowest BCUT2D eigenvalue weighted by molar-refractivity contribution is 0.475. The minimum Gasteiger partial charge on any atom is -0.508 e. The Hall–Kier alpha value is -1.87. The second kappa shape index (κ2) is 6.01. The molecule has 88 valence electrons. The molecule has 0 aliphatic heterocycles. The Labute approximate surface area is 101 Å². The highest BCUT2D eigenvalue weighted by molar-refractivity contribution is 5.25. The quantitative estimate of drug-likeness (QED) is 0.770. The Morgan fingerprint density at radius 2 is 1.88 bits per heavy atom. The van der Waals surface area contributed by atoms with Crippen LogP contribution in [0.1, 0.15) is 11.3 Å². The van der Waals surface area contributed by atoms with Crippen LogP contribution in [0.3, 0.4) is 0 Å². The van der Waals surface area contributed by atoms with Gasteiger partial charge in [-0.2, -0.15) is 0 Å². The first-order valence-corrected chi connectivity index (χ1v) is 5.73. The molecular formula is C14H16N2O. The van der Waals surface area contributed by atoms with Gasteiger partial charge >= 0.3 is 0 Å². The normalized spacial score (nSPS) is 10.4. The van der Waals surface area contributed by atoms with Gasteiger partial charge in [0.25, 0.3) is 0 Å². The molecule has 0 bridgehead atoms. The molecule has 2 rings (SSSR count). The summed E-state index contributed by atoms with van der Waals surface area (Å²) in [5, 5.41) is 12.5. The van der Waals surface area contributed by atoms with Crippen molar-refractivity contribution in [1.29, 1.82) is 0 Å². The van der Waals surface area contributed by atoms with Crippen molar-refractivity contribution in [2.24, 2.45) is 0 Å². The van der Waals surface area contributed by atoms with E-state index in [1.807, 2.05) is 30.3 Å². The zero-order chi connectivity index (χ0) is 11.9. The van der Waals surface area contributed by atoms with Crippen molar-refractivity contribution in [1.82, 2.24) is 10.3 Å². The van der Waals surface area contributed by atoms with Gasteiger partial charge in [-0.25, -0.2) is 0 Å². The largest absolute Gasteiger partial charge is 0.508 e.